The third-order valence-electron chi connectivity index (χ3n) is 2.29. The van der Waals surface area contributed by atoms with Crippen molar-refractivity contribution in [3.05, 3.63) is 30.0 Å². The lowest BCUT2D eigenvalue weighted by Gasteiger charge is -1.95. The normalized spacial score (nSPS) is 11.8. The fourth-order valence-corrected chi connectivity index (χ4v) is 2.11. The molecule has 3 N–H and O–H groups in total. The van der Waals surface area contributed by atoms with Crippen LogP contribution in [-0.4, -0.2) is 29.0 Å². The first-order chi connectivity index (χ1) is 7.86. The predicted octanol–water partition coefficient (Wildman–Crippen LogP) is 1.04. The predicted molar refractivity (Wildman–Crippen MR) is 59.5 cm³/mol. The second-order valence-electron chi connectivity index (χ2n) is 3.59. The maximum Gasteiger partial charge on any atom is 0.309 e. The number of aromatic nitrogens is 1. The van der Waals surface area contributed by atoms with Crippen molar-refractivity contribution in [1.29, 1.82) is 0 Å². The van der Waals surface area contributed by atoms with Crippen LogP contribution in [0.4, 0.5) is 0 Å². The Balaban J connectivity index is 2.52. The Morgan fingerprint density at radius 1 is 1.29 bits per heavy atom. The zero-order valence-corrected chi connectivity index (χ0v) is 9.36. The van der Waals surface area contributed by atoms with E-state index in [0.717, 1.165) is 0 Å². The van der Waals surface area contributed by atoms with Gasteiger partial charge < -0.3 is 10.1 Å². The lowest BCUT2D eigenvalue weighted by Crippen LogP contribution is -1.99. The van der Waals surface area contributed by atoms with Gasteiger partial charge in [0.05, 0.1) is 11.3 Å². The highest BCUT2D eigenvalue weighted by molar-refractivity contribution is 7.85. The highest BCUT2D eigenvalue weighted by Gasteiger charge is 2.11. The maximum atomic E-state index is 10.9. The molecule has 1 aromatic carbocycles. The van der Waals surface area contributed by atoms with Crippen LogP contribution in [-0.2, 0) is 21.3 Å². The molecule has 1 aromatic heterocycles. The van der Waals surface area contributed by atoms with Crippen LogP contribution < -0.4 is 0 Å². The first kappa shape index (κ1) is 11.6. The summed E-state index contributed by atoms with van der Waals surface area (Å²) in [4.78, 5) is 13.1. The van der Waals surface area contributed by atoms with Gasteiger partial charge >= 0.3 is 5.97 Å². The van der Waals surface area contributed by atoms with E-state index in [2.05, 4.69) is 4.98 Å². The number of carboxylic acids is 1. The molecule has 2 rings (SSSR count). The first-order valence-corrected chi connectivity index (χ1v) is 6.11. The van der Waals surface area contributed by atoms with Crippen LogP contribution >= 0.6 is 0 Å². The van der Waals surface area contributed by atoms with E-state index in [-0.39, 0.29) is 11.3 Å². The molecule has 0 bridgehead atoms. The molecule has 0 spiro atoms. The molecule has 0 radical (unpaired) electrons. The Hall–Kier alpha value is -1.86. The molecule has 2 aromatic rings. The molecular formula is C10H9NO5S. The van der Waals surface area contributed by atoms with Crippen LogP contribution in [0.25, 0.3) is 10.9 Å². The van der Waals surface area contributed by atoms with Gasteiger partial charge in [-0.15, -0.1) is 0 Å². The van der Waals surface area contributed by atoms with Crippen LogP contribution in [0.2, 0.25) is 0 Å². The molecule has 6 nitrogen and oxygen atoms in total. The van der Waals surface area contributed by atoms with E-state index in [1.54, 1.807) is 0 Å². The fraction of sp³-hybridized carbons (Fsp3) is 0.100. The molecule has 0 atom stereocenters. The molecule has 0 saturated carbocycles. The minimum atomic E-state index is -4.24. The number of H-pyrrole nitrogens is 1. The van der Waals surface area contributed by atoms with Gasteiger partial charge in [-0.25, -0.2) is 0 Å². The summed E-state index contributed by atoms with van der Waals surface area (Å²) < 4.78 is 30.7. The van der Waals surface area contributed by atoms with E-state index in [0.29, 0.717) is 16.6 Å². The number of hydrogen-bond acceptors (Lipinski definition) is 3. The summed E-state index contributed by atoms with van der Waals surface area (Å²) in [5.41, 5.74) is 1.09. The maximum absolute atomic E-state index is 10.9. The number of fused-ring (bicyclic) bond motifs is 1. The number of aliphatic carboxylic acids is 1. The zero-order chi connectivity index (χ0) is 12.6. The molecule has 7 heteroatoms. The summed E-state index contributed by atoms with van der Waals surface area (Å²) in [6.45, 7) is 0. The van der Waals surface area contributed by atoms with Crippen LogP contribution in [0.5, 0.6) is 0 Å². The lowest BCUT2D eigenvalue weighted by molar-refractivity contribution is -0.136. The number of benzene rings is 1. The fourth-order valence-electron chi connectivity index (χ4n) is 1.59. The van der Waals surface area contributed by atoms with Gasteiger partial charge in [-0.2, -0.15) is 8.42 Å². The van der Waals surface area contributed by atoms with Crippen molar-refractivity contribution in [3.63, 3.8) is 0 Å². The van der Waals surface area contributed by atoms with Gasteiger partial charge in [0.2, 0.25) is 0 Å². The average Bonchev–Trinajstić information content (AvgIpc) is 2.55. The minimum Gasteiger partial charge on any atom is -0.481 e. The molecule has 0 aliphatic rings. The number of nitrogens with one attached hydrogen (secondary N) is 1. The molecular weight excluding hydrogens is 246 g/mol. The van der Waals surface area contributed by atoms with E-state index in [1.807, 2.05) is 0 Å². The molecule has 0 fully saturated rings. The van der Waals surface area contributed by atoms with Gasteiger partial charge in [-0.1, -0.05) is 0 Å². The smallest absolute Gasteiger partial charge is 0.309 e. The second kappa shape index (κ2) is 3.86. The van der Waals surface area contributed by atoms with E-state index < -0.39 is 16.1 Å². The monoisotopic (exact) mass is 255 g/mol. The molecule has 0 aliphatic heterocycles. The van der Waals surface area contributed by atoms with Gasteiger partial charge in [0.1, 0.15) is 0 Å². The summed E-state index contributed by atoms with van der Waals surface area (Å²) in [7, 11) is -4.24. The van der Waals surface area contributed by atoms with Crippen molar-refractivity contribution in [3.8, 4) is 0 Å². The molecule has 0 unspecified atom stereocenters. The van der Waals surface area contributed by atoms with Crippen LogP contribution in [0.15, 0.2) is 29.2 Å². The van der Waals surface area contributed by atoms with Gasteiger partial charge in [0, 0.05) is 16.6 Å². The average molecular weight is 255 g/mol. The van der Waals surface area contributed by atoms with Crippen LogP contribution in [0.3, 0.4) is 0 Å². The van der Waals surface area contributed by atoms with E-state index in [1.165, 1.54) is 24.3 Å². The second-order valence-corrected chi connectivity index (χ2v) is 5.01. The summed E-state index contributed by atoms with van der Waals surface area (Å²) in [5, 5.41) is 9.16. The van der Waals surface area contributed by atoms with E-state index in [9.17, 15) is 13.2 Å². The molecule has 0 amide bonds. The highest BCUT2D eigenvalue weighted by atomic mass is 32.2. The van der Waals surface area contributed by atoms with Crippen LogP contribution in [0.1, 0.15) is 5.69 Å². The molecule has 0 saturated heterocycles. The Kier molecular flexibility index (Phi) is 2.64. The van der Waals surface area contributed by atoms with Gasteiger partial charge in [-0.05, 0) is 24.3 Å². The molecule has 90 valence electrons. The number of aromatic amines is 1. The SMILES string of the molecule is O=C(O)Cc1cc2cc(S(=O)(=O)O)ccc2[nH]1. The third-order valence-corrected chi connectivity index (χ3v) is 3.14. The Labute approximate surface area is 96.6 Å². The molecule has 0 aliphatic carbocycles. The van der Waals surface area contributed by atoms with Crippen molar-refractivity contribution in [2.75, 3.05) is 0 Å². The first-order valence-electron chi connectivity index (χ1n) is 4.67. The van der Waals surface area contributed by atoms with E-state index in [4.69, 9.17) is 9.66 Å². The summed E-state index contributed by atoms with van der Waals surface area (Å²) in [5.74, 6) is -0.980. The van der Waals surface area contributed by atoms with Crippen molar-refractivity contribution in [1.82, 2.24) is 4.98 Å². The van der Waals surface area contributed by atoms with E-state index >= 15 is 0 Å². The number of hydrogen-bond donors (Lipinski definition) is 3. The zero-order valence-electron chi connectivity index (χ0n) is 8.54. The number of rotatable bonds is 3. The standard InChI is InChI=1S/C10H9NO5S/c12-10(13)5-7-3-6-4-8(17(14,15)16)1-2-9(6)11-7/h1-4,11H,5H2,(H,12,13)(H,14,15,16). The van der Waals surface area contributed by atoms with Crippen molar-refractivity contribution >= 4 is 27.0 Å². The molecule has 17 heavy (non-hydrogen) atoms. The summed E-state index contributed by atoms with van der Waals surface area (Å²) in [6.07, 6.45) is -0.171. The van der Waals surface area contributed by atoms with Gasteiger partial charge in [0.15, 0.2) is 0 Å². The highest BCUT2D eigenvalue weighted by Crippen LogP contribution is 2.20. The number of carbonyl (C=O) groups is 1. The van der Waals surface area contributed by atoms with Crippen molar-refractivity contribution in [2.45, 2.75) is 11.3 Å². The van der Waals surface area contributed by atoms with Crippen LogP contribution in [0, 0.1) is 0 Å². The topological polar surface area (TPSA) is 107 Å². The lowest BCUT2D eigenvalue weighted by atomic mass is 10.2. The summed E-state index contributed by atoms with van der Waals surface area (Å²) >= 11 is 0. The van der Waals surface area contributed by atoms with Gasteiger partial charge in [0.25, 0.3) is 10.1 Å². The quantitative estimate of drug-likeness (QED) is 0.710. The van der Waals surface area contributed by atoms with Crippen molar-refractivity contribution < 1.29 is 22.9 Å². The molecule has 1 heterocycles. The largest absolute Gasteiger partial charge is 0.481 e. The Morgan fingerprint density at radius 2 is 2.00 bits per heavy atom. The van der Waals surface area contributed by atoms with Crippen molar-refractivity contribution in [2.24, 2.45) is 0 Å². The third kappa shape index (κ3) is 2.45. The Bertz CT molecular complexity index is 686. The summed E-state index contributed by atoms with van der Waals surface area (Å²) in [6, 6.07) is 5.55. The Morgan fingerprint density at radius 3 is 2.59 bits per heavy atom. The van der Waals surface area contributed by atoms with Gasteiger partial charge in [-0.3, -0.25) is 9.35 Å². The minimum absolute atomic E-state index is 0.171. The number of carboxylic acid groups (broad SMARTS) is 1.